The average Bonchev–Trinajstić information content (AvgIpc) is 3.26. The van der Waals surface area contributed by atoms with Crippen molar-refractivity contribution in [2.45, 2.75) is 6.92 Å². The van der Waals surface area contributed by atoms with Crippen LogP contribution in [0.3, 0.4) is 0 Å². The van der Waals surface area contributed by atoms with Gasteiger partial charge in [-0.1, -0.05) is 36.4 Å². The fraction of sp³-hybridized carbons (Fsp3) is 0.160. The minimum Gasteiger partial charge on any atom is -0.338 e. The molecule has 0 aliphatic carbocycles. The maximum absolute atomic E-state index is 12.2. The van der Waals surface area contributed by atoms with Crippen LogP contribution in [0, 0.1) is 6.92 Å². The van der Waals surface area contributed by atoms with E-state index in [-0.39, 0.29) is 5.91 Å². The maximum atomic E-state index is 12.2. The van der Waals surface area contributed by atoms with Crippen LogP contribution in [0.2, 0.25) is 0 Å². The molecule has 0 radical (unpaired) electrons. The van der Waals surface area contributed by atoms with Crippen LogP contribution in [-0.4, -0.2) is 45.8 Å². The van der Waals surface area contributed by atoms with Gasteiger partial charge in [-0.25, -0.2) is 9.97 Å². The molecule has 2 N–H and O–H groups in total. The molecule has 0 atom stereocenters. The Kier molecular flexibility index (Phi) is 6.28. The Morgan fingerprint density at radius 2 is 1.97 bits per heavy atom. The van der Waals surface area contributed by atoms with Gasteiger partial charge in [-0.05, 0) is 44.8 Å². The molecule has 2 heterocycles. The molecular formula is C25H26N6O. The van der Waals surface area contributed by atoms with E-state index in [1.54, 1.807) is 18.6 Å². The van der Waals surface area contributed by atoms with Crippen LogP contribution in [0.1, 0.15) is 5.56 Å². The summed E-state index contributed by atoms with van der Waals surface area (Å²) in [5.74, 6) is 0.573. The van der Waals surface area contributed by atoms with E-state index in [1.165, 1.54) is 0 Å². The number of fused-ring (bicyclic) bond motifs is 1. The minimum atomic E-state index is -0.160. The standard InChI is InChI=1S/C25H26N6O/c1-18-8-4-5-11-21(18)29-25-23-15-26-17-31(23)22(16-27-25)19-9-6-10-20(14-19)28-24(32)12-7-13-30(2)3/h4-12,14-17H,13H2,1-3H3,(H,27,29)(H,28,32)/b12-7+. The Morgan fingerprint density at radius 3 is 2.78 bits per heavy atom. The van der Waals surface area contributed by atoms with Crippen molar-refractivity contribution in [1.82, 2.24) is 19.3 Å². The normalized spacial score (nSPS) is 11.4. The van der Waals surface area contributed by atoms with Crippen LogP contribution in [-0.2, 0) is 4.79 Å². The molecule has 0 unspecified atom stereocenters. The third kappa shape index (κ3) is 4.84. The highest BCUT2D eigenvalue weighted by atomic mass is 16.1. The van der Waals surface area contributed by atoms with Gasteiger partial charge in [0.1, 0.15) is 5.52 Å². The van der Waals surface area contributed by atoms with E-state index in [2.05, 4.69) is 33.6 Å². The Hall–Kier alpha value is -3.97. The number of hydrogen-bond acceptors (Lipinski definition) is 5. The Labute approximate surface area is 187 Å². The predicted octanol–water partition coefficient (Wildman–Crippen LogP) is 4.50. The lowest BCUT2D eigenvalue weighted by Gasteiger charge is -2.13. The number of carbonyl (C=O) groups excluding carboxylic acids is 1. The van der Waals surface area contributed by atoms with Crippen LogP contribution < -0.4 is 10.6 Å². The summed E-state index contributed by atoms with van der Waals surface area (Å²) in [7, 11) is 3.91. The number of nitrogens with one attached hydrogen (secondary N) is 2. The van der Waals surface area contributed by atoms with E-state index in [1.807, 2.05) is 78.1 Å². The number of carbonyl (C=O) groups is 1. The molecule has 4 aromatic rings. The molecule has 4 rings (SSSR count). The van der Waals surface area contributed by atoms with Gasteiger partial charge in [-0.15, -0.1) is 0 Å². The number of aromatic nitrogens is 3. The van der Waals surface area contributed by atoms with E-state index in [0.29, 0.717) is 6.54 Å². The summed E-state index contributed by atoms with van der Waals surface area (Å²) in [5.41, 5.74) is 5.54. The van der Waals surface area contributed by atoms with Crippen LogP contribution in [0.5, 0.6) is 0 Å². The first-order chi connectivity index (χ1) is 15.5. The molecule has 0 fully saturated rings. The Morgan fingerprint density at radius 1 is 1.12 bits per heavy atom. The molecule has 1 amide bonds. The Balaban J connectivity index is 1.60. The first kappa shape index (κ1) is 21.3. The topological polar surface area (TPSA) is 74.6 Å². The zero-order valence-electron chi connectivity index (χ0n) is 18.4. The first-order valence-corrected chi connectivity index (χ1v) is 10.4. The molecule has 0 saturated heterocycles. The highest BCUT2D eigenvalue weighted by molar-refractivity contribution is 5.99. The summed E-state index contributed by atoms with van der Waals surface area (Å²) < 4.78 is 1.99. The molecular weight excluding hydrogens is 400 g/mol. The molecule has 0 spiro atoms. The number of para-hydroxylation sites is 1. The smallest absolute Gasteiger partial charge is 0.248 e. The van der Waals surface area contributed by atoms with Gasteiger partial charge in [0, 0.05) is 29.6 Å². The van der Waals surface area contributed by atoms with E-state index in [4.69, 9.17) is 0 Å². The summed E-state index contributed by atoms with van der Waals surface area (Å²) >= 11 is 0. The molecule has 7 heteroatoms. The lowest BCUT2D eigenvalue weighted by molar-refractivity contribution is -0.111. The van der Waals surface area contributed by atoms with Gasteiger partial charge < -0.3 is 15.5 Å². The van der Waals surface area contributed by atoms with Gasteiger partial charge in [0.05, 0.1) is 24.4 Å². The lowest BCUT2D eigenvalue weighted by Crippen LogP contribution is -2.12. The van der Waals surface area contributed by atoms with Gasteiger partial charge in [0.15, 0.2) is 5.82 Å². The number of amides is 1. The van der Waals surface area contributed by atoms with Gasteiger partial charge in [0.2, 0.25) is 5.91 Å². The number of rotatable bonds is 7. The summed E-state index contributed by atoms with van der Waals surface area (Å²) in [6, 6.07) is 15.8. The molecule has 0 aliphatic rings. The third-order valence-electron chi connectivity index (χ3n) is 5.02. The molecule has 2 aromatic carbocycles. The van der Waals surface area contributed by atoms with E-state index < -0.39 is 0 Å². The van der Waals surface area contributed by atoms with Gasteiger partial charge in [0.25, 0.3) is 0 Å². The second kappa shape index (κ2) is 9.45. The highest BCUT2D eigenvalue weighted by Crippen LogP contribution is 2.28. The first-order valence-electron chi connectivity index (χ1n) is 10.4. The fourth-order valence-electron chi connectivity index (χ4n) is 3.38. The largest absolute Gasteiger partial charge is 0.338 e. The van der Waals surface area contributed by atoms with Gasteiger partial charge >= 0.3 is 0 Å². The zero-order chi connectivity index (χ0) is 22.5. The minimum absolute atomic E-state index is 0.160. The average molecular weight is 427 g/mol. The number of aryl methyl sites for hydroxylation is 1. The van der Waals surface area contributed by atoms with E-state index >= 15 is 0 Å². The summed E-state index contributed by atoms with van der Waals surface area (Å²) in [4.78, 5) is 23.2. The van der Waals surface area contributed by atoms with Gasteiger partial charge in [-0.3, -0.25) is 9.20 Å². The number of nitrogens with zero attached hydrogens (tertiary/aromatic N) is 4. The summed E-state index contributed by atoms with van der Waals surface area (Å²) in [5, 5.41) is 6.32. The van der Waals surface area contributed by atoms with Crippen molar-refractivity contribution in [2.75, 3.05) is 31.3 Å². The van der Waals surface area contributed by atoms with Crippen LogP contribution in [0.15, 0.2) is 79.4 Å². The number of hydrogen-bond donors (Lipinski definition) is 2. The van der Waals surface area contributed by atoms with E-state index in [0.717, 1.165) is 39.5 Å². The van der Waals surface area contributed by atoms with Crippen molar-refractivity contribution in [3.8, 4) is 11.3 Å². The maximum Gasteiger partial charge on any atom is 0.248 e. The highest BCUT2D eigenvalue weighted by Gasteiger charge is 2.11. The molecule has 32 heavy (non-hydrogen) atoms. The molecule has 0 bridgehead atoms. The lowest BCUT2D eigenvalue weighted by atomic mass is 10.1. The monoisotopic (exact) mass is 426 g/mol. The van der Waals surface area contributed by atoms with Crippen molar-refractivity contribution in [1.29, 1.82) is 0 Å². The zero-order valence-corrected chi connectivity index (χ0v) is 18.4. The van der Waals surface area contributed by atoms with Crippen molar-refractivity contribution in [3.63, 3.8) is 0 Å². The fourth-order valence-corrected chi connectivity index (χ4v) is 3.38. The third-order valence-corrected chi connectivity index (χ3v) is 5.02. The Bertz CT molecular complexity index is 1270. The summed E-state index contributed by atoms with van der Waals surface area (Å²) in [6.45, 7) is 2.76. The SMILES string of the molecule is Cc1ccccc1Nc1ncc(-c2cccc(NC(=O)/C=C/CN(C)C)c2)n2cncc12. The van der Waals surface area contributed by atoms with Crippen LogP contribution in [0.25, 0.3) is 16.8 Å². The van der Waals surface area contributed by atoms with Crippen molar-refractivity contribution < 1.29 is 4.79 Å². The number of imidazole rings is 1. The summed E-state index contributed by atoms with van der Waals surface area (Å²) in [6.07, 6.45) is 8.75. The molecule has 0 aliphatic heterocycles. The van der Waals surface area contributed by atoms with Gasteiger partial charge in [-0.2, -0.15) is 0 Å². The molecule has 0 saturated carbocycles. The second-order valence-electron chi connectivity index (χ2n) is 7.82. The van der Waals surface area contributed by atoms with Crippen molar-refractivity contribution in [3.05, 3.63) is 85.0 Å². The van der Waals surface area contributed by atoms with Crippen LogP contribution in [0.4, 0.5) is 17.2 Å². The predicted molar refractivity (Wildman–Crippen MR) is 129 cm³/mol. The van der Waals surface area contributed by atoms with Crippen molar-refractivity contribution >= 4 is 28.6 Å². The molecule has 2 aromatic heterocycles. The number of anilines is 3. The number of benzene rings is 2. The molecule has 162 valence electrons. The quantitative estimate of drug-likeness (QED) is 0.426. The second-order valence-corrected chi connectivity index (χ2v) is 7.82. The number of likely N-dealkylation sites (N-methyl/N-ethyl adjacent to an activating group) is 1. The van der Waals surface area contributed by atoms with Crippen LogP contribution >= 0.6 is 0 Å². The molecule has 7 nitrogen and oxygen atoms in total. The van der Waals surface area contributed by atoms with Crippen molar-refractivity contribution in [2.24, 2.45) is 0 Å². The van der Waals surface area contributed by atoms with E-state index in [9.17, 15) is 4.79 Å².